The number of carboxylic acid groups (broad SMARTS) is 1. The summed E-state index contributed by atoms with van der Waals surface area (Å²) in [5.74, 6) is -2.71. The maximum Gasteiger partial charge on any atom is 0.320 e. The van der Waals surface area contributed by atoms with Gasteiger partial charge in [-0.05, 0) is 16.8 Å². The Labute approximate surface area is 89.5 Å². The number of nitrogens with zero attached hydrogens (tertiary/aromatic N) is 1. The van der Waals surface area contributed by atoms with Crippen LogP contribution in [0.3, 0.4) is 0 Å². The molecular formula is C9H9FN2O4. The summed E-state index contributed by atoms with van der Waals surface area (Å²) in [4.78, 5) is 20.7. The third-order valence-corrected chi connectivity index (χ3v) is 2.00. The highest BCUT2D eigenvalue weighted by atomic mass is 19.1. The molecule has 0 amide bonds. The summed E-state index contributed by atoms with van der Waals surface area (Å²) in [6.07, 6.45) is -0.288. The Balaban J connectivity index is 3.04. The molecule has 1 atom stereocenters. The Hall–Kier alpha value is -2.02. The zero-order valence-corrected chi connectivity index (χ0v) is 8.05. The minimum atomic E-state index is -1.28. The van der Waals surface area contributed by atoms with Gasteiger partial charge >= 0.3 is 5.97 Å². The van der Waals surface area contributed by atoms with E-state index in [1.165, 1.54) is 0 Å². The highest BCUT2D eigenvalue weighted by Gasteiger charge is 2.17. The van der Waals surface area contributed by atoms with Crippen molar-refractivity contribution in [2.24, 2.45) is 10.9 Å². The van der Waals surface area contributed by atoms with E-state index in [9.17, 15) is 14.1 Å². The number of nitroso groups, excluding NO2 is 1. The highest BCUT2D eigenvalue weighted by molar-refractivity contribution is 5.73. The number of aliphatic carboxylic acids is 1. The van der Waals surface area contributed by atoms with Crippen molar-refractivity contribution in [3.8, 4) is 5.75 Å². The van der Waals surface area contributed by atoms with Crippen LogP contribution in [0.25, 0.3) is 0 Å². The number of carboxylic acids is 1. The first-order valence-electron chi connectivity index (χ1n) is 4.29. The Bertz CT molecular complexity index is 436. The summed E-state index contributed by atoms with van der Waals surface area (Å²) in [5.41, 5.74) is 4.78. The monoisotopic (exact) mass is 228 g/mol. The number of carbonyl (C=O) groups is 1. The van der Waals surface area contributed by atoms with Crippen LogP contribution in [0.2, 0.25) is 0 Å². The van der Waals surface area contributed by atoms with E-state index >= 15 is 0 Å². The first-order chi connectivity index (χ1) is 7.45. The molecule has 7 heteroatoms. The molecule has 0 aromatic heterocycles. The fourth-order valence-electron chi connectivity index (χ4n) is 1.15. The van der Waals surface area contributed by atoms with Crippen LogP contribution in [0.15, 0.2) is 17.3 Å². The van der Waals surface area contributed by atoms with Crippen molar-refractivity contribution in [1.29, 1.82) is 0 Å². The molecule has 16 heavy (non-hydrogen) atoms. The number of nitrogens with two attached hydrogens (primary N) is 1. The van der Waals surface area contributed by atoms with Crippen LogP contribution in [0.1, 0.15) is 5.56 Å². The van der Waals surface area contributed by atoms with Crippen molar-refractivity contribution in [2.45, 2.75) is 12.5 Å². The van der Waals surface area contributed by atoms with Gasteiger partial charge in [0.2, 0.25) is 0 Å². The van der Waals surface area contributed by atoms with Crippen LogP contribution >= 0.6 is 0 Å². The van der Waals surface area contributed by atoms with Crippen molar-refractivity contribution in [3.63, 3.8) is 0 Å². The third-order valence-electron chi connectivity index (χ3n) is 2.00. The first-order valence-corrected chi connectivity index (χ1v) is 4.29. The van der Waals surface area contributed by atoms with E-state index in [4.69, 9.17) is 15.9 Å². The van der Waals surface area contributed by atoms with Gasteiger partial charge in [-0.15, -0.1) is 4.91 Å². The topological polar surface area (TPSA) is 113 Å². The van der Waals surface area contributed by atoms with E-state index in [-0.39, 0.29) is 17.7 Å². The predicted molar refractivity (Wildman–Crippen MR) is 52.8 cm³/mol. The van der Waals surface area contributed by atoms with E-state index in [0.29, 0.717) is 6.07 Å². The molecule has 0 saturated heterocycles. The maximum atomic E-state index is 13.2. The lowest BCUT2D eigenvalue weighted by Crippen LogP contribution is -2.32. The Morgan fingerprint density at radius 1 is 1.56 bits per heavy atom. The number of rotatable bonds is 4. The maximum absolute atomic E-state index is 13.2. The van der Waals surface area contributed by atoms with Gasteiger partial charge in [-0.2, -0.15) is 0 Å². The van der Waals surface area contributed by atoms with Crippen LogP contribution in [0.4, 0.5) is 10.1 Å². The second kappa shape index (κ2) is 4.67. The van der Waals surface area contributed by atoms with Gasteiger partial charge in [-0.1, -0.05) is 0 Å². The van der Waals surface area contributed by atoms with E-state index in [1.54, 1.807) is 0 Å². The van der Waals surface area contributed by atoms with Gasteiger partial charge in [-0.3, -0.25) is 4.79 Å². The summed E-state index contributed by atoms with van der Waals surface area (Å²) in [6.45, 7) is 0. The Morgan fingerprint density at radius 3 is 2.69 bits per heavy atom. The fourth-order valence-corrected chi connectivity index (χ4v) is 1.15. The fraction of sp³-hybridized carbons (Fsp3) is 0.222. The normalized spacial score (nSPS) is 12.1. The molecule has 4 N–H and O–H groups in total. The molecule has 0 radical (unpaired) electrons. The summed E-state index contributed by atoms with van der Waals surface area (Å²) < 4.78 is 13.2. The predicted octanol–water partition coefficient (Wildman–Crippen LogP) is 0.884. The van der Waals surface area contributed by atoms with Crippen molar-refractivity contribution in [1.82, 2.24) is 0 Å². The Morgan fingerprint density at radius 2 is 2.19 bits per heavy atom. The second-order valence-corrected chi connectivity index (χ2v) is 3.17. The van der Waals surface area contributed by atoms with Crippen LogP contribution in [0.5, 0.6) is 5.75 Å². The van der Waals surface area contributed by atoms with Crippen molar-refractivity contribution in [2.75, 3.05) is 0 Å². The molecule has 1 unspecified atom stereocenters. The standard InChI is InChI=1S/C9H9FN2O4/c10-5-3-8(13)7(12-16)2-4(5)1-6(11)9(14)15/h2-3,6,13H,1,11H2,(H,14,15). The number of hydrogen-bond acceptors (Lipinski definition) is 5. The average Bonchev–Trinajstić information content (AvgIpc) is 2.21. The van der Waals surface area contributed by atoms with Crippen molar-refractivity contribution >= 4 is 11.7 Å². The Kier molecular flexibility index (Phi) is 3.51. The van der Waals surface area contributed by atoms with Gasteiger partial charge < -0.3 is 15.9 Å². The highest BCUT2D eigenvalue weighted by Crippen LogP contribution is 2.29. The molecule has 0 fully saturated rings. The third kappa shape index (κ3) is 2.51. The molecule has 1 rings (SSSR count). The zero-order valence-electron chi connectivity index (χ0n) is 8.05. The smallest absolute Gasteiger partial charge is 0.320 e. The number of aromatic hydroxyl groups is 1. The largest absolute Gasteiger partial charge is 0.505 e. The number of hydrogen-bond donors (Lipinski definition) is 3. The summed E-state index contributed by atoms with van der Waals surface area (Å²) in [6, 6.07) is 0.389. The molecule has 6 nitrogen and oxygen atoms in total. The van der Waals surface area contributed by atoms with E-state index in [1.807, 2.05) is 0 Å². The molecule has 1 aromatic rings. The van der Waals surface area contributed by atoms with Gasteiger partial charge in [-0.25, -0.2) is 4.39 Å². The molecule has 0 saturated carbocycles. The molecule has 0 aliphatic carbocycles. The average molecular weight is 228 g/mol. The summed E-state index contributed by atoms with van der Waals surface area (Å²) >= 11 is 0. The molecular weight excluding hydrogens is 219 g/mol. The number of phenols is 1. The zero-order chi connectivity index (χ0) is 12.3. The van der Waals surface area contributed by atoms with Gasteiger partial charge in [0.05, 0.1) is 0 Å². The molecule has 0 aliphatic rings. The minimum Gasteiger partial charge on any atom is -0.505 e. The number of halogens is 1. The van der Waals surface area contributed by atoms with E-state index < -0.39 is 23.6 Å². The van der Waals surface area contributed by atoms with Gasteiger partial charge in [0, 0.05) is 12.5 Å². The lowest BCUT2D eigenvalue weighted by molar-refractivity contribution is -0.138. The SMILES string of the molecule is NC(Cc1cc(N=O)c(O)cc1F)C(=O)O. The quantitative estimate of drug-likeness (QED) is 0.662. The molecule has 86 valence electrons. The summed E-state index contributed by atoms with van der Waals surface area (Å²) in [5, 5.41) is 20.1. The number of benzene rings is 1. The van der Waals surface area contributed by atoms with Gasteiger partial charge in [0.15, 0.2) is 0 Å². The lowest BCUT2D eigenvalue weighted by Gasteiger charge is -2.08. The van der Waals surface area contributed by atoms with Crippen LogP contribution in [0, 0.1) is 10.7 Å². The second-order valence-electron chi connectivity index (χ2n) is 3.17. The van der Waals surface area contributed by atoms with E-state index in [0.717, 1.165) is 6.07 Å². The summed E-state index contributed by atoms with van der Waals surface area (Å²) in [7, 11) is 0. The van der Waals surface area contributed by atoms with Crippen molar-refractivity contribution < 1.29 is 19.4 Å². The van der Waals surface area contributed by atoms with Gasteiger partial charge in [0.1, 0.15) is 23.3 Å². The van der Waals surface area contributed by atoms with Gasteiger partial charge in [0.25, 0.3) is 0 Å². The number of phenolic OH excluding ortho intramolecular Hbond substituents is 1. The van der Waals surface area contributed by atoms with Crippen LogP contribution < -0.4 is 5.73 Å². The van der Waals surface area contributed by atoms with E-state index in [2.05, 4.69) is 5.18 Å². The molecule has 0 heterocycles. The lowest BCUT2D eigenvalue weighted by atomic mass is 10.0. The van der Waals surface area contributed by atoms with Crippen LogP contribution in [-0.2, 0) is 11.2 Å². The van der Waals surface area contributed by atoms with Crippen molar-refractivity contribution in [3.05, 3.63) is 28.4 Å². The molecule has 0 aliphatic heterocycles. The first kappa shape index (κ1) is 12.1. The molecule has 1 aromatic carbocycles. The minimum absolute atomic E-state index is 0.0812. The molecule has 0 spiro atoms. The van der Waals surface area contributed by atoms with Crippen LogP contribution in [-0.4, -0.2) is 22.2 Å². The molecule has 0 bridgehead atoms.